The fraction of sp³-hybridized carbons (Fsp3) is 0.923. The second-order valence-corrected chi connectivity index (χ2v) is 5.89. The van der Waals surface area contributed by atoms with E-state index in [0.717, 1.165) is 19.5 Å². The Morgan fingerprint density at radius 2 is 1.94 bits per heavy atom. The van der Waals surface area contributed by atoms with Crippen LogP contribution in [0.5, 0.6) is 0 Å². The molecule has 0 radical (unpaired) electrons. The first-order valence-corrected chi connectivity index (χ1v) is 6.55. The molecule has 0 aliphatic rings. The maximum absolute atomic E-state index is 11.4. The quantitative estimate of drug-likeness (QED) is 0.679. The number of nitrogens with one attached hydrogen (secondary N) is 2. The molecule has 0 aliphatic carbocycles. The van der Waals surface area contributed by atoms with Crippen LogP contribution in [0.25, 0.3) is 0 Å². The third kappa shape index (κ3) is 11.7. The molecule has 0 aromatic carbocycles. The summed E-state index contributed by atoms with van der Waals surface area (Å²) in [6.45, 7) is 10.2. The Hall–Kier alpha value is -0.810. The summed E-state index contributed by atoms with van der Waals surface area (Å²) >= 11 is 0. The van der Waals surface area contributed by atoms with Gasteiger partial charge in [-0.2, -0.15) is 0 Å². The van der Waals surface area contributed by atoms with Crippen molar-refractivity contribution < 1.29 is 9.53 Å². The predicted octanol–water partition coefficient (Wildman–Crippen LogP) is 1.44. The van der Waals surface area contributed by atoms with E-state index < -0.39 is 5.60 Å². The first-order valence-electron chi connectivity index (χ1n) is 6.55. The molecule has 1 atom stereocenters. The monoisotopic (exact) mass is 259 g/mol. The molecule has 108 valence electrons. The van der Waals surface area contributed by atoms with Gasteiger partial charge in [0, 0.05) is 12.6 Å². The van der Waals surface area contributed by atoms with Crippen molar-refractivity contribution >= 4 is 6.09 Å². The fourth-order valence-corrected chi connectivity index (χ4v) is 1.37. The number of alkyl carbamates (subject to hydrolysis) is 1. The van der Waals surface area contributed by atoms with Crippen LogP contribution in [0.2, 0.25) is 0 Å². The highest BCUT2D eigenvalue weighted by molar-refractivity contribution is 5.67. The van der Waals surface area contributed by atoms with Gasteiger partial charge in [-0.15, -0.1) is 0 Å². The smallest absolute Gasteiger partial charge is 0.407 e. The first-order chi connectivity index (χ1) is 8.20. The molecule has 1 unspecified atom stereocenters. The van der Waals surface area contributed by atoms with Crippen molar-refractivity contribution in [1.29, 1.82) is 0 Å². The van der Waals surface area contributed by atoms with Crippen molar-refractivity contribution in [3.05, 3.63) is 0 Å². The zero-order chi connectivity index (χ0) is 14.2. The third-order valence-electron chi connectivity index (χ3n) is 2.23. The van der Waals surface area contributed by atoms with Gasteiger partial charge in [-0.3, -0.25) is 0 Å². The fourth-order valence-electron chi connectivity index (χ4n) is 1.37. The normalized spacial score (nSPS) is 13.5. The maximum atomic E-state index is 11.4. The average Bonchev–Trinajstić information content (AvgIpc) is 2.19. The van der Waals surface area contributed by atoms with Crippen LogP contribution in [0.3, 0.4) is 0 Å². The number of hydrogen-bond acceptors (Lipinski definition) is 4. The Balaban J connectivity index is 3.58. The number of amides is 1. The van der Waals surface area contributed by atoms with Crippen molar-refractivity contribution in [3.63, 3.8) is 0 Å². The highest BCUT2D eigenvalue weighted by atomic mass is 16.6. The molecular weight excluding hydrogens is 230 g/mol. The van der Waals surface area contributed by atoms with Gasteiger partial charge in [0.1, 0.15) is 5.60 Å². The minimum atomic E-state index is -0.438. The number of nitrogens with zero attached hydrogens (tertiary/aromatic N) is 1. The van der Waals surface area contributed by atoms with Crippen LogP contribution < -0.4 is 10.6 Å². The van der Waals surface area contributed by atoms with Gasteiger partial charge in [0.15, 0.2) is 0 Å². The van der Waals surface area contributed by atoms with Gasteiger partial charge >= 0.3 is 6.09 Å². The number of carbonyl (C=O) groups is 1. The van der Waals surface area contributed by atoms with Gasteiger partial charge in [-0.1, -0.05) is 0 Å². The van der Waals surface area contributed by atoms with Gasteiger partial charge in [0.2, 0.25) is 0 Å². The predicted molar refractivity (Wildman–Crippen MR) is 74.9 cm³/mol. The van der Waals surface area contributed by atoms with E-state index in [1.807, 2.05) is 27.7 Å². The lowest BCUT2D eigenvalue weighted by Gasteiger charge is -2.21. The molecule has 0 rings (SSSR count). The maximum Gasteiger partial charge on any atom is 0.407 e. The highest BCUT2D eigenvalue weighted by Gasteiger charge is 2.16. The summed E-state index contributed by atoms with van der Waals surface area (Å²) in [6.07, 6.45) is 0.744. The lowest BCUT2D eigenvalue weighted by Crippen LogP contribution is -2.41. The Morgan fingerprint density at radius 3 is 2.44 bits per heavy atom. The molecule has 0 aliphatic heterocycles. The van der Waals surface area contributed by atoms with Crippen LogP contribution >= 0.6 is 0 Å². The van der Waals surface area contributed by atoms with Crippen LogP contribution in [0.1, 0.15) is 34.1 Å². The van der Waals surface area contributed by atoms with Gasteiger partial charge in [-0.25, -0.2) is 4.79 Å². The van der Waals surface area contributed by atoms with E-state index >= 15 is 0 Å². The molecule has 2 N–H and O–H groups in total. The largest absolute Gasteiger partial charge is 0.444 e. The second kappa shape index (κ2) is 8.32. The molecule has 0 bridgehead atoms. The lowest BCUT2D eigenvalue weighted by molar-refractivity contribution is 0.0523. The third-order valence-corrected chi connectivity index (χ3v) is 2.23. The zero-order valence-electron chi connectivity index (χ0n) is 12.7. The van der Waals surface area contributed by atoms with E-state index in [1.165, 1.54) is 0 Å². The van der Waals surface area contributed by atoms with Crippen molar-refractivity contribution in [2.75, 3.05) is 33.7 Å². The molecule has 0 heterocycles. The van der Waals surface area contributed by atoms with E-state index in [2.05, 4.69) is 29.6 Å². The summed E-state index contributed by atoms with van der Waals surface area (Å²) in [6, 6.07) is 0.250. The second-order valence-electron chi connectivity index (χ2n) is 5.89. The van der Waals surface area contributed by atoms with Gasteiger partial charge in [0.25, 0.3) is 0 Å². The zero-order valence-corrected chi connectivity index (χ0v) is 12.7. The van der Waals surface area contributed by atoms with Crippen molar-refractivity contribution in [2.24, 2.45) is 0 Å². The molecule has 0 spiro atoms. The van der Waals surface area contributed by atoms with Crippen molar-refractivity contribution in [3.8, 4) is 0 Å². The van der Waals surface area contributed by atoms with E-state index in [0.29, 0.717) is 6.54 Å². The standard InChI is InChI=1S/C13H29N3O2/c1-11(14-8-7-9-16(5)6)10-15-12(17)18-13(2,3)4/h11,14H,7-10H2,1-6H3,(H,15,17). The number of hydrogen-bond donors (Lipinski definition) is 2. The minimum absolute atomic E-state index is 0.250. The van der Waals surface area contributed by atoms with Gasteiger partial charge < -0.3 is 20.3 Å². The highest BCUT2D eigenvalue weighted by Crippen LogP contribution is 2.06. The molecule has 0 aromatic heterocycles. The molecular formula is C13H29N3O2. The molecule has 0 aromatic rings. The summed E-state index contributed by atoms with van der Waals surface area (Å²) in [7, 11) is 4.13. The molecule has 18 heavy (non-hydrogen) atoms. The summed E-state index contributed by atoms with van der Waals surface area (Å²) in [5.74, 6) is 0. The molecule has 5 nitrogen and oxygen atoms in total. The molecule has 0 saturated carbocycles. The number of carbonyl (C=O) groups excluding carboxylic acids is 1. The van der Waals surface area contributed by atoms with E-state index in [1.54, 1.807) is 0 Å². The summed E-state index contributed by atoms with van der Waals surface area (Å²) < 4.78 is 5.16. The van der Waals surface area contributed by atoms with Crippen LogP contribution in [0, 0.1) is 0 Å². The van der Waals surface area contributed by atoms with E-state index in [-0.39, 0.29) is 12.1 Å². The molecule has 0 saturated heterocycles. The molecule has 5 heteroatoms. The average molecular weight is 259 g/mol. The Kier molecular flexibility index (Phi) is 7.95. The van der Waals surface area contributed by atoms with Crippen molar-refractivity contribution in [1.82, 2.24) is 15.5 Å². The Morgan fingerprint density at radius 1 is 1.33 bits per heavy atom. The summed E-state index contributed by atoms with van der Waals surface area (Å²) in [4.78, 5) is 13.6. The topological polar surface area (TPSA) is 53.6 Å². The van der Waals surface area contributed by atoms with Crippen LogP contribution in [0.15, 0.2) is 0 Å². The first kappa shape index (κ1) is 17.2. The Labute approximate surface area is 111 Å². The van der Waals surface area contributed by atoms with Crippen molar-refractivity contribution in [2.45, 2.75) is 45.8 Å². The van der Waals surface area contributed by atoms with Crippen LogP contribution in [-0.2, 0) is 4.74 Å². The molecule has 1 amide bonds. The molecule has 0 fully saturated rings. The number of ether oxygens (including phenoxy) is 1. The Bertz CT molecular complexity index is 237. The minimum Gasteiger partial charge on any atom is -0.444 e. The van der Waals surface area contributed by atoms with E-state index in [4.69, 9.17) is 4.74 Å². The SMILES string of the molecule is CC(CNC(=O)OC(C)(C)C)NCCCN(C)C. The lowest BCUT2D eigenvalue weighted by atomic mass is 10.2. The van der Waals surface area contributed by atoms with Gasteiger partial charge in [0.05, 0.1) is 0 Å². The van der Waals surface area contributed by atoms with Crippen LogP contribution in [0.4, 0.5) is 4.79 Å². The van der Waals surface area contributed by atoms with Crippen LogP contribution in [-0.4, -0.2) is 56.4 Å². The van der Waals surface area contributed by atoms with Gasteiger partial charge in [-0.05, 0) is 61.3 Å². The van der Waals surface area contributed by atoms with E-state index in [9.17, 15) is 4.79 Å². The summed E-state index contributed by atoms with van der Waals surface area (Å²) in [5.41, 5.74) is -0.438. The summed E-state index contributed by atoms with van der Waals surface area (Å²) in [5, 5.41) is 6.11. The number of rotatable bonds is 7.